The lowest BCUT2D eigenvalue weighted by atomic mass is 9.92. The number of aliphatic carboxylic acids is 1. The van der Waals surface area contributed by atoms with E-state index < -0.39 is 54.2 Å². The third-order valence-corrected chi connectivity index (χ3v) is 3.73. The topological polar surface area (TPSA) is 165 Å². The second kappa shape index (κ2) is 11.4. The largest absolute Gasteiger partial charge is 0.480 e. The Morgan fingerprint density at radius 1 is 0.962 bits per heavy atom. The molecule has 0 heterocycles. The number of aliphatic hydroxyl groups excluding tert-OH is 1. The maximum absolute atomic E-state index is 12.4. The lowest BCUT2D eigenvalue weighted by Crippen LogP contribution is -2.55. The highest BCUT2D eigenvalue weighted by Crippen LogP contribution is 2.16. The molecule has 3 atom stereocenters. The van der Waals surface area contributed by atoms with Gasteiger partial charge >= 0.3 is 5.97 Å². The summed E-state index contributed by atoms with van der Waals surface area (Å²) in [6.45, 7) is 6.17. The van der Waals surface area contributed by atoms with E-state index in [0.717, 1.165) is 0 Å². The van der Waals surface area contributed by atoms with Crippen LogP contribution in [0.25, 0.3) is 0 Å². The molecular formula is C16H29N3O7. The Hall–Kier alpha value is -2.20. The number of carboxylic acids is 1. The fourth-order valence-electron chi connectivity index (χ4n) is 2.37. The van der Waals surface area contributed by atoms with Crippen LogP contribution in [0.1, 0.15) is 40.5 Å². The third kappa shape index (κ3) is 8.26. The summed E-state index contributed by atoms with van der Waals surface area (Å²) >= 11 is 0. The molecule has 3 amide bonds. The molecule has 0 rings (SSSR count). The molecule has 0 aliphatic heterocycles. The molecule has 0 bridgehead atoms. The van der Waals surface area contributed by atoms with Crippen molar-refractivity contribution in [2.24, 2.45) is 17.8 Å². The Morgan fingerprint density at radius 3 is 1.92 bits per heavy atom. The monoisotopic (exact) mass is 375 g/mol. The molecule has 0 saturated heterocycles. The molecule has 0 saturated carbocycles. The van der Waals surface area contributed by atoms with Crippen molar-refractivity contribution in [2.75, 3.05) is 6.61 Å². The third-order valence-electron chi connectivity index (χ3n) is 3.73. The molecule has 150 valence electrons. The summed E-state index contributed by atoms with van der Waals surface area (Å²) < 4.78 is 0. The predicted octanol–water partition coefficient (Wildman–Crippen LogP) is -0.753. The fraction of sp³-hybridized carbons (Fsp3) is 0.750. The zero-order chi connectivity index (χ0) is 20.4. The Kier molecular flexibility index (Phi) is 10.5. The van der Waals surface area contributed by atoms with Gasteiger partial charge in [-0.2, -0.15) is 0 Å². The first-order valence-electron chi connectivity index (χ1n) is 8.40. The van der Waals surface area contributed by atoms with Crippen molar-refractivity contribution >= 4 is 23.7 Å². The summed E-state index contributed by atoms with van der Waals surface area (Å²) in [4.78, 5) is 47.1. The van der Waals surface area contributed by atoms with Gasteiger partial charge in [0.05, 0.1) is 6.61 Å². The van der Waals surface area contributed by atoms with Crippen molar-refractivity contribution in [2.45, 2.75) is 52.6 Å². The first-order chi connectivity index (χ1) is 12.0. The minimum absolute atomic E-state index is 0.0657. The standard InChI is InChI=1S/C16H29N3O7/c1-8(2)5-10(6-12(21)19-26)14(22)17-11(7-20)15(23)18-13(9(3)4)16(24)25/h8-11,13,20,26H,5-7H2,1-4H3,(H,17,22)(H,18,23)(H,19,21)(H,24,25)/t10-,11+,13+/m1/s1. The van der Waals surface area contributed by atoms with Gasteiger partial charge in [0.1, 0.15) is 12.1 Å². The first-order valence-corrected chi connectivity index (χ1v) is 8.40. The number of hydrogen-bond donors (Lipinski definition) is 6. The SMILES string of the molecule is CC(C)C[C@H](CC(=O)NO)C(=O)N[C@@H](CO)C(=O)N[C@H](C(=O)O)C(C)C. The van der Waals surface area contributed by atoms with E-state index >= 15 is 0 Å². The van der Waals surface area contributed by atoms with Gasteiger partial charge in [0.2, 0.25) is 17.7 Å². The highest BCUT2D eigenvalue weighted by molar-refractivity contribution is 5.92. The lowest BCUT2D eigenvalue weighted by Gasteiger charge is -2.24. The molecule has 0 aliphatic rings. The number of hydrogen-bond acceptors (Lipinski definition) is 6. The molecule has 6 N–H and O–H groups in total. The van der Waals surface area contributed by atoms with Crippen LogP contribution in [0.4, 0.5) is 0 Å². The number of rotatable bonds is 11. The van der Waals surface area contributed by atoms with Crippen LogP contribution in [0.3, 0.4) is 0 Å². The lowest BCUT2D eigenvalue weighted by molar-refractivity contribution is -0.144. The van der Waals surface area contributed by atoms with Crippen molar-refractivity contribution < 1.29 is 34.6 Å². The fourth-order valence-corrected chi connectivity index (χ4v) is 2.37. The Morgan fingerprint density at radius 2 is 1.54 bits per heavy atom. The van der Waals surface area contributed by atoms with Gasteiger partial charge in [-0.3, -0.25) is 19.6 Å². The normalized spacial score (nSPS) is 14.5. The molecule has 0 spiro atoms. The molecule has 0 fully saturated rings. The van der Waals surface area contributed by atoms with Gasteiger partial charge in [-0.15, -0.1) is 0 Å². The van der Waals surface area contributed by atoms with E-state index in [2.05, 4.69) is 10.6 Å². The van der Waals surface area contributed by atoms with Crippen LogP contribution in [0.2, 0.25) is 0 Å². The molecule has 0 aromatic carbocycles. The average molecular weight is 375 g/mol. The Balaban J connectivity index is 5.07. The second-order valence-corrected chi connectivity index (χ2v) is 6.88. The van der Waals surface area contributed by atoms with Crippen molar-refractivity contribution in [1.82, 2.24) is 16.1 Å². The van der Waals surface area contributed by atoms with E-state index in [1.165, 1.54) is 5.48 Å². The van der Waals surface area contributed by atoms with E-state index in [1.54, 1.807) is 13.8 Å². The molecule has 26 heavy (non-hydrogen) atoms. The van der Waals surface area contributed by atoms with Gasteiger partial charge in [0, 0.05) is 12.3 Å². The Labute approximate surface area is 152 Å². The maximum Gasteiger partial charge on any atom is 0.326 e. The van der Waals surface area contributed by atoms with Crippen LogP contribution in [0.5, 0.6) is 0 Å². The molecule has 10 heteroatoms. The van der Waals surface area contributed by atoms with Crippen LogP contribution in [-0.2, 0) is 19.2 Å². The molecule has 0 unspecified atom stereocenters. The maximum atomic E-state index is 12.4. The number of carbonyl (C=O) groups excluding carboxylic acids is 3. The van der Waals surface area contributed by atoms with E-state index in [1.807, 2.05) is 13.8 Å². The molecular weight excluding hydrogens is 346 g/mol. The number of aliphatic hydroxyl groups is 1. The van der Waals surface area contributed by atoms with E-state index in [4.69, 9.17) is 10.3 Å². The smallest absolute Gasteiger partial charge is 0.326 e. The number of hydroxylamine groups is 1. The number of nitrogens with one attached hydrogen (secondary N) is 3. The minimum atomic E-state index is -1.35. The van der Waals surface area contributed by atoms with Crippen molar-refractivity contribution in [1.29, 1.82) is 0 Å². The molecule has 0 aromatic rings. The summed E-state index contributed by atoms with van der Waals surface area (Å²) in [6, 6.07) is -2.52. The van der Waals surface area contributed by atoms with E-state index in [-0.39, 0.29) is 12.3 Å². The Bertz CT molecular complexity index is 508. The highest BCUT2D eigenvalue weighted by Gasteiger charge is 2.30. The van der Waals surface area contributed by atoms with Crippen LogP contribution in [0.15, 0.2) is 0 Å². The minimum Gasteiger partial charge on any atom is -0.480 e. The summed E-state index contributed by atoms with van der Waals surface area (Å²) in [5.74, 6) is -4.60. The quantitative estimate of drug-likeness (QED) is 0.204. The van der Waals surface area contributed by atoms with Gasteiger partial charge in [0.25, 0.3) is 0 Å². The molecule has 0 aliphatic carbocycles. The predicted molar refractivity (Wildman–Crippen MR) is 90.9 cm³/mol. The van der Waals surface area contributed by atoms with Gasteiger partial charge < -0.3 is 20.8 Å². The van der Waals surface area contributed by atoms with Crippen molar-refractivity contribution in [3.8, 4) is 0 Å². The highest BCUT2D eigenvalue weighted by atomic mass is 16.5. The van der Waals surface area contributed by atoms with Crippen LogP contribution in [0, 0.1) is 17.8 Å². The molecule has 0 aromatic heterocycles. The van der Waals surface area contributed by atoms with Gasteiger partial charge in [0.15, 0.2) is 0 Å². The van der Waals surface area contributed by atoms with Gasteiger partial charge in [-0.05, 0) is 18.3 Å². The zero-order valence-electron chi connectivity index (χ0n) is 15.5. The summed E-state index contributed by atoms with van der Waals surface area (Å²) in [7, 11) is 0. The summed E-state index contributed by atoms with van der Waals surface area (Å²) in [5.41, 5.74) is 1.45. The van der Waals surface area contributed by atoms with Gasteiger partial charge in [-0.25, -0.2) is 10.3 Å². The van der Waals surface area contributed by atoms with Crippen LogP contribution < -0.4 is 16.1 Å². The summed E-state index contributed by atoms with van der Waals surface area (Å²) in [5, 5.41) is 31.7. The molecule has 0 radical (unpaired) electrons. The number of carboxylic acid groups (broad SMARTS) is 1. The first kappa shape index (κ1) is 23.8. The van der Waals surface area contributed by atoms with Crippen LogP contribution in [-0.4, -0.2) is 57.8 Å². The molecule has 10 nitrogen and oxygen atoms in total. The number of carbonyl (C=O) groups is 4. The zero-order valence-corrected chi connectivity index (χ0v) is 15.5. The second-order valence-electron chi connectivity index (χ2n) is 6.88. The van der Waals surface area contributed by atoms with E-state index in [0.29, 0.717) is 6.42 Å². The summed E-state index contributed by atoms with van der Waals surface area (Å²) in [6.07, 6.45) is 0.0345. The number of amides is 3. The van der Waals surface area contributed by atoms with Crippen molar-refractivity contribution in [3.05, 3.63) is 0 Å². The van der Waals surface area contributed by atoms with Crippen molar-refractivity contribution in [3.63, 3.8) is 0 Å². The van der Waals surface area contributed by atoms with Gasteiger partial charge in [-0.1, -0.05) is 27.7 Å². The van der Waals surface area contributed by atoms with E-state index in [9.17, 15) is 24.3 Å². The average Bonchev–Trinajstić information content (AvgIpc) is 2.55. The van der Waals surface area contributed by atoms with Crippen LogP contribution >= 0.6 is 0 Å².